The zero-order valence-corrected chi connectivity index (χ0v) is 10.3. The normalized spacial score (nSPS) is 18.3. The van der Waals surface area contributed by atoms with E-state index in [0.29, 0.717) is 5.92 Å². The number of halogens is 4. The molecule has 1 atom stereocenters. The van der Waals surface area contributed by atoms with Crippen molar-refractivity contribution in [1.82, 2.24) is 0 Å². The predicted molar refractivity (Wildman–Crippen MR) is 62.4 cm³/mol. The van der Waals surface area contributed by atoms with Gasteiger partial charge in [-0.1, -0.05) is 24.1 Å². The molecule has 1 aromatic rings. The van der Waals surface area contributed by atoms with Crippen LogP contribution >= 0.6 is 11.6 Å². The summed E-state index contributed by atoms with van der Waals surface area (Å²) in [5.41, 5.74) is 6.77. The Morgan fingerprint density at radius 1 is 1.33 bits per heavy atom. The monoisotopic (exact) mass is 279 g/mol. The van der Waals surface area contributed by atoms with Gasteiger partial charge in [0.15, 0.2) is 0 Å². The summed E-state index contributed by atoms with van der Waals surface area (Å²) in [6.45, 7) is 0. The Hall–Kier alpha value is -0.940. The van der Waals surface area contributed by atoms with Crippen molar-refractivity contribution >= 4 is 11.6 Å². The molecule has 0 aromatic heterocycles. The molecule has 0 spiro atoms. The van der Waals surface area contributed by atoms with Crippen LogP contribution in [0.2, 0.25) is 5.02 Å². The van der Waals surface area contributed by atoms with Crippen LogP contribution in [0.1, 0.15) is 30.9 Å². The zero-order valence-electron chi connectivity index (χ0n) is 9.51. The van der Waals surface area contributed by atoms with E-state index in [2.05, 4.69) is 4.74 Å². The molecule has 0 unspecified atom stereocenters. The van der Waals surface area contributed by atoms with Gasteiger partial charge in [0.2, 0.25) is 0 Å². The van der Waals surface area contributed by atoms with Crippen molar-refractivity contribution in [2.24, 2.45) is 11.7 Å². The number of rotatable bonds is 3. The smallest absolute Gasteiger partial charge is 0.404 e. The molecular formula is C12H13ClF3NO. The maximum atomic E-state index is 12.1. The second kappa shape index (κ2) is 4.97. The van der Waals surface area contributed by atoms with Crippen molar-refractivity contribution in [3.63, 3.8) is 0 Å². The number of hydrogen-bond acceptors (Lipinski definition) is 2. The molecule has 0 aliphatic heterocycles. The molecule has 6 heteroatoms. The first-order valence-electron chi connectivity index (χ1n) is 5.67. The minimum Gasteiger partial charge on any atom is -0.404 e. The summed E-state index contributed by atoms with van der Waals surface area (Å²) in [6, 6.07) is 4.03. The molecule has 0 bridgehead atoms. The topological polar surface area (TPSA) is 35.2 Å². The highest BCUT2D eigenvalue weighted by Crippen LogP contribution is 2.38. The van der Waals surface area contributed by atoms with E-state index in [0.717, 1.165) is 24.8 Å². The molecule has 2 N–H and O–H groups in total. The number of alkyl halides is 3. The van der Waals surface area contributed by atoms with Gasteiger partial charge in [-0.25, -0.2) is 0 Å². The van der Waals surface area contributed by atoms with E-state index < -0.39 is 12.1 Å². The van der Waals surface area contributed by atoms with E-state index in [1.807, 2.05) is 0 Å². The minimum atomic E-state index is -4.73. The van der Waals surface area contributed by atoms with Crippen LogP contribution in [0, 0.1) is 5.92 Å². The summed E-state index contributed by atoms with van der Waals surface area (Å²) >= 11 is 5.76. The second-order valence-corrected chi connectivity index (χ2v) is 4.86. The van der Waals surface area contributed by atoms with Crippen molar-refractivity contribution in [1.29, 1.82) is 0 Å². The third-order valence-electron chi connectivity index (χ3n) is 3.22. The summed E-state index contributed by atoms with van der Waals surface area (Å²) in [7, 11) is 0. The van der Waals surface area contributed by atoms with Crippen LogP contribution in [-0.4, -0.2) is 6.36 Å². The minimum absolute atomic E-state index is 0.0698. The third-order valence-corrected chi connectivity index (χ3v) is 3.52. The van der Waals surface area contributed by atoms with Crippen molar-refractivity contribution in [3.8, 4) is 5.75 Å². The molecule has 1 aliphatic carbocycles. The van der Waals surface area contributed by atoms with Crippen LogP contribution in [0.3, 0.4) is 0 Å². The first kappa shape index (κ1) is 13.5. The molecule has 0 heterocycles. The number of benzene rings is 1. The molecule has 1 fully saturated rings. The van der Waals surface area contributed by atoms with Gasteiger partial charge in [-0.05, 0) is 36.5 Å². The fraction of sp³-hybridized carbons (Fsp3) is 0.500. The zero-order chi connectivity index (χ0) is 13.3. The Morgan fingerprint density at radius 2 is 2.00 bits per heavy atom. The molecule has 0 radical (unpaired) electrons. The Kier molecular flexibility index (Phi) is 3.73. The highest BCUT2D eigenvalue weighted by molar-refractivity contribution is 6.32. The highest BCUT2D eigenvalue weighted by atomic mass is 35.5. The molecule has 2 rings (SSSR count). The van der Waals surface area contributed by atoms with E-state index >= 15 is 0 Å². The number of hydrogen-bond donors (Lipinski definition) is 1. The standard InChI is InChI=1S/C12H13ClF3NO/c13-9-6-8(11(17)7-2-1-3-7)4-5-10(9)18-12(14,15)16/h4-7,11H,1-3,17H2/t11-/m1/s1. The molecule has 1 saturated carbocycles. The van der Waals surface area contributed by atoms with Gasteiger partial charge in [0.05, 0.1) is 5.02 Å². The molecule has 100 valence electrons. The van der Waals surface area contributed by atoms with Crippen LogP contribution in [0.25, 0.3) is 0 Å². The van der Waals surface area contributed by atoms with Crippen molar-refractivity contribution in [2.75, 3.05) is 0 Å². The first-order valence-corrected chi connectivity index (χ1v) is 6.05. The van der Waals surface area contributed by atoms with Crippen LogP contribution in [0.15, 0.2) is 18.2 Å². The van der Waals surface area contributed by atoms with Gasteiger partial charge in [-0.3, -0.25) is 0 Å². The fourth-order valence-electron chi connectivity index (χ4n) is 2.00. The summed E-state index contributed by atoms with van der Waals surface area (Å²) in [5.74, 6) is 0.00387. The van der Waals surface area contributed by atoms with Crippen LogP contribution in [0.4, 0.5) is 13.2 Å². The predicted octanol–water partition coefficient (Wildman–Crippen LogP) is 4.04. The average Bonchev–Trinajstić information content (AvgIpc) is 2.16. The van der Waals surface area contributed by atoms with E-state index in [1.165, 1.54) is 18.2 Å². The Bertz CT molecular complexity index is 432. The maximum absolute atomic E-state index is 12.1. The average molecular weight is 280 g/mol. The molecule has 0 saturated heterocycles. The lowest BCUT2D eigenvalue weighted by Gasteiger charge is -2.31. The lowest BCUT2D eigenvalue weighted by atomic mass is 9.77. The van der Waals surface area contributed by atoms with Crippen molar-refractivity contribution in [2.45, 2.75) is 31.7 Å². The van der Waals surface area contributed by atoms with Gasteiger partial charge in [-0.2, -0.15) is 0 Å². The molecule has 2 nitrogen and oxygen atoms in total. The molecule has 1 aromatic carbocycles. The van der Waals surface area contributed by atoms with E-state index in [-0.39, 0.29) is 11.1 Å². The lowest BCUT2D eigenvalue weighted by molar-refractivity contribution is -0.274. The summed E-state index contributed by atoms with van der Waals surface area (Å²) in [6.07, 6.45) is -1.47. The molecule has 18 heavy (non-hydrogen) atoms. The van der Waals surface area contributed by atoms with E-state index in [1.54, 1.807) is 0 Å². The second-order valence-electron chi connectivity index (χ2n) is 4.45. The largest absolute Gasteiger partial charge is 0.573 e. The summed E-state index contributed by atoms with van der Waals surface area (Å²) in [4.78, 5) is 0. The Balaban J connectivity index is 2.13. The highest BCUT2D eigenvalue weighted by Gasteiger charge is 2.32. The van der Waals surface area contributed by atoms with E-state index in [9.17, 15) is 13.2 Å². The summed E-state index contributed by atoms with van der Waals surface area (Å²) in [5, 5.41) is -0.0698. The SMILES string of the molecule is N[C@@H](c1ccc(OC(F)(F)F)c(Cl)c1)C1CCC1. The van der Waals surface area contributed by atoms with Gasteiger partial charge in [0.25, 0.3) is 0 Å². The van der Waals surface area contributed by atoms with Crippen molar-refractivity contribution < 1.29 is 17.9 Å². The molecular weight excluding hydrogens is 267 g/mol. The maximum Gasteiger partial charge on any atom is 0.573 e. The molecule has 1 aliphatic rings. The van der Waals surface area contributed by atoms with Gasteiger partial charge in [0.1, 0.15) is 5.75 Å². The van der Waals surface area contributed by atoms with Crippen LogP contribution in [0.5, 0.6) is 5.75 Å². The van der Waals surface area contributed by atoms with E-state index in [4.69, 9.17) is 17.3 Å². The quantitative estimate of drug-likeness (QED) is 0.906. The van der Waals surface area contributed by atoms with Gasteiger partial charge >= 0.3 is 6.36 Å². The fourth-order valence-corrected chi connectivity index (χ4v) is 2.23. The third kappa shape index (κ3) is 3.09. The van der Waals surface area contributed by atoms with Gasteiger partial charge in [-0.15, -0.1) is 13.2 Å². The number of ether oxygens (including phenoxy) is 1. The Labute approximate surface area is 108 Å². The molecule has 0 amide bonds. The van der Waals surface area contributed by atoms with Gasteiger partial charge in [0, 0.05) is 6.04 Å². The van der Waals surface area contributed by atoms with Crippen LogP contribution < -0.4 is 10.5 Å². The summed E-state index contributed by atoms with van der Waals surface area (Å²) < 4.78 is 40.0. The van der Waals surface area contributed by atoms with Crippen molar-refractivity contribution in [3.05, 3.63) is 28.8 Å². The Morgan fingerprint density at radius 3 is 2.44 bits per heavy atom. The number of nitrogens with two attached hydrogens (primary N) is 1. The van der Waals surface area contributed by atoms with Gasteiger partial charge < -0.3 is 10.5 Å². The van der Waals surface area contributed by atoms with Crippen LogP contribution in [-0.2, 0) is 0 Å². The first-order chi connectivity index (χ1) is 8.37. The lowest BCUT2D eigenvalue weighted by Crippen LogP contribution is -2.26.